The summed E-state index contributed by atoms with van der Waals surface area (Å²) in [6, 6.07) is 6.48. The van der Waals surface area contributed by atoms with Crippen molar-refractivity contribution in [3.8, 4) is 5.75 Å². The highest BCUT2D eigenvalue weighted by Gasteiger charge is 2.59. The number of ether oxygens (including phenoxy) is 1. The van der Waals surface area contributed by atoms with Gasteiger partial charge in [0.15, 0.2) is 6.61 Å². The molecular formula is C16H19NO6S. The molecule has 1 aliphatic heterocycles. The van der Waals surface area contributed by atoms with Gasteiger partial charge in [0.1, 0.15) is 15.6 Å². The van der Waals surface area contributed by atoms with Gasteiger partial charge in [-0.1, -0.05) is 0 Å². The number of carbonyl (C=O) groups is 2. The summed E-state index contributed by atoms with van der Waals surface area (Å²) in [6.45, 7) is -0.417. The van der Waals surface area contributed by atoms with Crippen LogP contribution in [0.2, 0.25) is 0 Å². The first-order chi connectivity index (χ1) is 11.3. The fraction of sp³-hybridized carbons (Fsp3) is 0.500. The van der Waals surface area contributed by atoms with Crippen LogP contribution in [0.3, 0.4) is 0 Å². The molecule has 1 aliphatic carbocycles. The van der Waals surface area contributed by atoms with Gasteiger partial charge in [0, 0.05) is 11.6 Å². The fourth-order valence-corrected chi connectivity index (χ4v) is 4.86. The molecule has 2 aliphatic rings. The molecule has 1 amide bonds. The number of carbonyl (C=O) groups excluding carboxylic acids is 1. The Hall–Kier alpha value is -2.09. The Morgan fingerprint density at radius 3 is 2.42 bits per heavy atom. The number of carboxylic acid groups (broad SMARTS) is 1. The van der Waals surface area contributed by atoms with Crippen LogP contribution in [0.15, 0.2) is 24.3 Å². The second-order valence-electron chi connectivity index (χ2n) is 6.47. The molecule has 1 heterocycles. The minimum atomic E-state index is -2.93. The number of amides is 1. The van der Waals surface area contributed by atoms with Crippen LogP contribution in [0.5, 0.6) is 5.75 Å². The third kappa shape index (κ3) is 3.69. The van der Waals surface area contributed by atoms with E-state index in [9.17, 15) is 18.0 Å². The number of nitrogens with one attached hydrogen (secondary N) is 1. The second kappa shape index (κ2) is 6.08. The number of sulfone groups is 1. The number of anilines is 1. The van der Waals surface area contributed by atoms with Crippen molar-refractivity contribution in [1.82, 2.24) is 0 Å². The molecule has 1 atom stereocenters. The van der Waals surface area contributed by atoms with Crippen LogP contribution in [-0.2, 0) is 19.4 Å². The van der Waals surface area contributed by atoms with Crippen molar-refractivity contribution in [3.05, 3.63) is 24.3 Å². The Morgan fingerprint density at radius 1 is 1.21 bits per heavy atom. The highest BCUT2D eigenvalue weighted by molar-refractivity contribution is 7.91. The molecular weight excluding hydrogens is 334 g/mol. The molecule has 3 rings (SSSR count). The predicted octanol–water partition coefficient (Wildman–Crippen LogP) is 1.30. The van der Waals surface area contributed by atoms with E-state index in [1.807, 2.05) is 0 Å². The molecule has 0 aromatic heterocycles. The molecule has 0 radical (unpaired) electrons. The molecule has 1 saturated carbocycles. The summed E-state index contributed by atoms with van der Waals surface area (Å²) in [5.41, 5.74) is 0.466. The van der Waals surface area contributed by atoms with Crippen LogP contribution in [-0.4, -0.2) is 43.5 Å². The summed E-state index contributed by atoms with van der Waals surface area (Å²) < 4.78 is 28.1. The van der Waals surface area contributed by atoms with Crippen molar-refractivity contribution >= 4 is 27.4 Å². The smallest absolute Gasteiger partial charge is 0.341 e. The van der Waals surface area contributed by atoms with Crippen molar-refractivity contribution in [2.75, 3.05) is 23.4 Å². The first-order valence-corrected chi connectivity index (χ1v) is 9.58. The molecule has 1 unspecified atom stereocenters. The number of carboxylic acids is 1. The molecule has 1 spiro atoms. The maximum atomic E-state index is 12.3. The van der Waals surface area contributed by atoms with Gasteiger partial charge in [0.05, 0.1) is 11.5 Å². The van der Waals surface area contributed by atoms with Gasteiger partial charge in [-0.3, -0.25) is 4.79 Å². The molecule has 1 aromatic rings. The van der Waals surface area contributed by atoms with Gasteiger partial charge in [-0.15, -0.1) is 0 Å². The second-order valence-corrected chi connectivity index (χ2v) is 8.77. The number of hydrogen-bond donors (Lipinski definition) is 2. The first kappa shape index (κ1) is 16.8. The lowest BCUT2D eigenvalue weighted by Crippen LogP contribution is -2.28. The van der Waals surface area contributed by atoms with Gasteiger partial charge < -0.3 is 15.2 Å². The van der Waals surface area contributed by atoms with Gasteiger partial charge in [-0.05, 0) is 48.9 Å². The Labute approximate surface area is 139 Å². The van der Waals surface area contributed by atoms with Crippen molar-refractivity contribution in [2.45, 2.75) is 19.3 Å². The minimum Gasteiger partial charge on any atom is -0.482 e. The number of aliphatic carboxylic acids is 1. The number of hydrogen-bond acceptors (Lipinski definition) is 5. The van der Waals surface area contributed by atoms with E-state index in [4.69, 9.17) is 9.84 Å². The van der Waals surface area contributed by atoms with Gasteiger partial charge in [0.2, 0.25) is 5.91 Å². The Bertz CT molecular complexity index is 741. The molecule has 1 aromatic carbocycles. The van der Waals surface area contributed by atoms with E-state index in [1.54, 1.807) is 24.3 Å². The maximum Gasteiger partial charge on any atom is 0.341 e. The Balaban J connectivity index is 1.54. The van der Waals surface area contributed by atoms with Gasteiger partial charge in [-0.25, -0.2) is 13.2 Å². The third-order valence-corrected chi connectivity index (χ3v) is 6.46. The molecule has 2 fully saturated rings. The summed E-state index contributed by atoms with van der Waals surface area (Å²) in [5, 5.41) is 11.4. The zero-order valence-corrected chi connectivity index (χ0v) is 13.8. The zero-order chi connectivity index (χ0) is 17.4. The summed E-state index contributed by atoms with van der Waals surface area (Å²) in [4.78, 5) is 22.8. The van der Waals surface area contributed by atoms with Gasteiger partial charge >= 0.3 is 5.97 Å². The standard InChI is InChI=1S/C16H19NO6S/c18-14(19)10-23-12-3-1-11(2-4-12)17-15(20)13-9-16(13)5-7-24(21,22)8-6-16/h1-4,13H,5-10H2,(H,17,20)(H,18,19). The van der Waals surface area contributed by atoms with E-state index in [2.05, 4.69) is 5.32 Å². The monoisotopic (exact) mass is 353 g/mol. The predicted molar refractivity (Wildman–Crippen MR) is 86.6 cm³/mol. The SMILES string of the molecule is O=C(O)COc1ccc(NC(=O)C2CC23CCS(=O)(=O)CC3)cc1. The normalized spacial score (nSPS) is 23.4. The van der Waals surface area contributed by atoms with E-state index in [0.717, 1.165) is 6.42 Å². The van der Waals surface area contributed by atoms with E-state index in [0.29, 0.717) is 24.3 Å². The van der Waals surface area contributed by atoms with Crippen LogP contribution in [0, 0.1) is 11.3 Å². The van der Waals surface area contributed by atoms with E-state index >= 15 is 0 Å². The van der Waals surface area contributed by atoms with Gasteiger partial charge in [0.25, 0.3) is 0 Å². The average Bonchev–Trinajstić information content (AvgIpc) is 3.25. The zero-order valence-electron chi connectivity index (χ0n) is 13.0. The van der Waals surface area contributed by atoms with Crippen LogP contribution in [0.25, 0.3) is 0 Å². The maximum absolute atomic E-state index is 12.3. The fourth-order valence-electron chi connectivity index (χ4n) is 3.22. The largest absolute Gasteiger partial charge is 0.482 e. The van der Waals surface area contributed by atoms with E-state index in [-0.39, 0.29) is 28.7 Å². The molecule has 7 nitrogen and oxygen atoms in total. The lowest BCUT2D eigenvalue weighted by atomic mass is 9.96. The topological polar surface area (TPSA) is 110 Å². The molecule has 130 valence electrons. The summed E-state index contributed by atoms with van der Waals surface area (Å²) in [6.07, 6.45) is 1.87. The van der Waals surface area contributed by atoms with Crippen molar-refractivity contribution in [3.63, 3.8) is 0 Å². The van der Waals surface area contributed by atoms with Crippen molar-refractivity contribution in [2.24, 2.45) is 11.3 Å². The lowest BCUT2D eigenvalue weighted by molar-refractivity contribution is -0.139. The minimum absolute atomic E-state index is 0.0893. The van der Waals surface area contributed by atoms with Crippen LogP contribution in [0.4, 0.5) is 5.69 Å². The van der Waals surface area contributed by atoms with Gasteiger partial charge in [-0.2, -0.15) is 0 Å². The van der Waals surface area contributed by atoms with E-state index in [1.165, 1.54) is 0 Å². The van der Waals surface area contributed by atoms with Crippen LogP contribution >= 0.6 is 0 Å². The van der Waals surface area contributed by atoms with Crippen molar-refractivity contribution in [1.29, 1.82) is 0 Å². The van der Waals surface area contributed by atoms with E-state index < -0.39 is 22.4 Å². The molecule has 2 N–H and O–H groups in total. The highest BCUT2D eigenvalue weighted by atomic mass is 32.2. The Kier molecular flexibility index (Phi) is 4.25. The third-order valence-electron chi connectivity index (χ3n) is 4.81. The first-order valence-electron chi connectivity index (χ1n) is 7.76. The molecule has 1 saturated heterocycles. The lowest BCUT2D eigenvalue weighted by Gasteiger charge is -2.22. The summed E-state index contributed by atoms with van der Waals surface area (Å²) >= 11 is 0. The highest BCUT2D eigenvalue weighted by Crippen LogP contribution is 2.60. The quantitative estimate of drug-likeness (QED) is 0.826. The van der Waals surface area contributed by atoms with Crippen molar-refractivity contribution < 1.29 is 27.9 Å². The molecule has 0 bridgehead atoms. The Morgan fingerprint density at radius 2 is 1.83 bits per heavy atom. The van der Waals surface area contributed by atoms with Crippen LogP contribution < -0.4 is 10.1 Å². The summed E-state index contributed by atoms with van der Waals surface area (Å²) in [5.74, 6) is -0.514. The van der Waals surface area contributed by atoms with Crippen LogP contribution in [0.1, 0.15) is 19.3 Å². The average molecular weight is 353 g/mol. The molecule has 8 heteroatoms. The molecule has 24 heavy (non-hydrogen) atoms. The summed E-state index contributed by atoms with van der Waals surface area (Å²) in [7, 11) is -2.93. The number of benzene rings is 1. The number of rotatable bonds is 5.